The van der Waals surface area contributed by atoms with Crippen LogP contribution in [0.15, 0.2) is 30.3 Å². The molecule has 0 radical (unpaired) electrons. The topological polar surface area (TPSA) is 0 Å². The fourth-order valence-corrected chi connectivity index (χ4v) is 0.321. The zero-order chi connectivity index (χ0) is 3.54. The molecule has 6 heavy (non-hydrogen) atoms. The Hall–Kier alpha value is -0.118. The molecule has 0 heterocycles. The van der Waals surface area contributed by atoms with Gasteiger partial charge in [-0.1, -0.05) is 0 Å². The van der Waals surface area contributed by atoms with Crippen LogP contribution in [-0.4, -0.2) is 0 Å². The summed E-state index contributed by atoms with van der Waals surface area (Å²) < 4.78 is 0. The quantitative estimate of drug-likeness (QED) is 0.450. The maximum absolute atomic E-state index is 2.00. The van der Waals surface area contributed by atoms with Gasteiger partial charge in [0.25, 0.3) is 0 Å². The third-order valence-corrected chi connectivity index (χ3v) is 0.556. The van der Waals surface area contributed by atoms with Crippen LogP contribution in [0.1, 0.15) is 0 Å². The van der Waals surface area contributed by atoms with E-state index in [4.69, 9.17) is 0 Å². The van der Waals surface area contributed by atoms with Gasteiger partial charge in [-0.3, -0.25) is 0 Å². The van der Waals surface area contributed by atoms with E-state index in [1.54, 1.807) is 0 Å². The molecule has 0 aliphatic heterocycles. The van der Waals surface area contributed by atoms with Gasteiger partial charge in [0, 0.05) is 17.4 Å². The van der Waals surface area contributed by atoms with Gasteiger partial charge in [0.2, 0.25) is 0 Å². The predicted octanol–water partition coefficient (Wildman–Crippen LogP) is 1.40. The van der Waals surface area contributed by atoms with Crippen molar-refractivity contribution >= 4 is 0 Å². The molecule has 0 spiro atoms. The van der Waals surface area contributed by atoms with Crippen molar-refractivity contribution in [3.63, 3.8) is 0 Å². The van der Waals surface area contributed by atoms with Crippen molar-refractivity contribution in [1.29, 1.82) is 0 Å². The molecule has 0 amide bonds. The molecule has 0 fully saturated rings. The van der Waals surface area contributed by atoms with Crippen molar-refractivity contribution in [3.8, 4) is 0 Å². The number of hydrogen-bond acceptors (Lipinski definition) is 0. The summed E-state index contributed by atoms with van der Waals surface area (Å²) >= 11 is 0. The molecule has 1 heteroatoms. The molecule has 0 aliphatic rings. The molecule has 0 nitrogen and oxygen atoms in total. The molecule has 0 aromatic heterocycles. The van der Waals surface area contributed by atoms with Crippen molar-refractivity contribution in [2.24, 2.45) is 0 Å². The second-order valence-electron chi connectivity index (χ2n) is 0.962. The molecule has 0 N–H and O–H groups in total. The minimum absolute atomic E-state index is 0. The SMILES string of the molecule is [Cr].c1cc[cH-]c1. The standard InChI is InChI=1S/C5H5.Cr/c1-2-4-5-3-1;/h1-5H;/q-1;. The molecule has 1 rings (SSSR count). The van der Waals surface area contributed by atoms with E-state index in [-0.39, 0.29) is 17.4 Å². The van der Waals surface area contributed by atoms with E-state index >= 15 is 0 Å². The van der Waals surface area contributed by atoms with Gasteiger partial charge in [-0.05, 0) is 0 Å². The van der Waals surface area contributed by atoms with Crippen molar-refractivity contribution in [2.45, 2.75) is 0 Å². The zero-order valence-corrected chi connectivity index (χ0v) is 4.57. The van der Waals surface area contributed by atoms with Crippen molar-refractivity contribution in [1.82, 2.24) is 0 Å². The van der Waals surface area contributed by atoms with Crippen LogP contribution >= 0.6 is 0 Å². The molecule has 0 unspecified atom stereocenters. The van der Waals surface area contributed by atoms with Crippen LogP contribution in [0, 0.1) is 0 Å². The largest absolute Gasteiger partial charge is 0.214 e. The van der Waals surface area contributed by atoms with Crippen molar-refractivity contribution < 1.29 is 17.4 Å². The Kier molecular flexibility index (Phi) is 3.03. The van der Waals surface area contributed by atoms with Crippen LogP contribution in [0.2, 0.25) is 0 Å². The maximum Gasteiger partial charge on any atom is 0 e. The van der Waals surface area contributed by atoms with Crippen LogP contribution in [-0.2, 0) is 17.4 Å². The van der Waals surface area contributed by atoms with E-state index in [2.05, 4.69) is 0 Å². The second-order valence-corrected chi connectivity index (χ2v) is 0.962. The average Bonchev–Trinajstić information content (AvgIpc) is 1.76. The van der Waals surface area contributed by atoms with E-state index in [9.17, 15) is 0 Å². The van der Waals surface area contributed by atoms with Gasteiger partial charge in [0.05, 0.1) is 0 Å². The van der Waals surface area contributed by atoms with Gasteiger partial charge in [0.1, 0.15) is 0 Å². The summed E-state index contributed by atoms with van der Waals surface area (Å²) in [5.74, 6) is 0. The van der Waals surface area contributed by atoms with E-state index in [0.717, 1.165) is 0 Å². The van der Waals surface area contributed by atoms with Crippen LogP contribution in [0.25, 0.3) is 0 Å². The third-order valence-electron chi connectivity index (χ3n) is 0.556. The van der Waals surface area contributed by atoms with Crippen LogP contribution in [0.4, 0.5) is 0 Å². The number of hydrogen-bond donors (Lipinski definition) is 0. The summed E-state index contributed by atoms with van der Waals surface area (Å²) in [6.07, 6.45) is 0. The van der Waals surface area contributed by atoms with Gasteiger partial charge in [-0.15, -0.1) is 0 Å². The monoisotopic (exact) mass is 117 g/mol. The Labute approximate surface area is 48.3 Å². The molecular formula is C5H5Cr-. The third kappa shape index (κ3) is 1.35. The first kappa shape index (κ1) is 5.88. The molecule has 0 saturated carbocycles. The maximum atomic E-state index is 2.00. The minimum atomic E-state index is 0. The second kappa shape index (κ2) is 3.09. The van der Waals surface area contributed by atoms with Crippen LogP contribution in [0.3, 0.4) is 0 Å². The smallest absolute Gasteiger partial charge is 0 e. The molecular weight excluding hydrogens is 112 g/mol. The van der Waals surface area contributed by atoms with Crippen LogP contribution in [0.5, 0.6) is 0 Å². The summed E-state index contributed by atoms with van der Waals surface area (Å²) in [6.45, 7) is 0. The van der Waals surface area contributed by atoms with E-state index in [0.29, 0.717) is 0 Å². The summed E-state index contributed by atoms with van der Waals surface area (Å²) in [5, 5.41) is 0. The molecule has 32 valence electrons. The first-order valence-electron chi connectivity index (χ1n) is 1.67. The summed E-state index contributed by atoms with van der Waals surface area (Å²) in [7, 11) is 0. The van der Waals surface area contributed by atoms with Gasteiger partial charge in [-0.2, -0.15) is 18.2 Å². The Morgan fingerprint density at radius 1 is 1.00 bits per heavy atom. The predicted molar refractivity (Wildman–Crippen MR) is 22.0 cm³/mol. The van der Waals surface area contributed by atoms with E-state index < -0.39 is 0 Å². The van der Waals surface area contributed by atoms with Gasteiger partial charge in [0.15, 0.2) is 0 Å². The molecule has 1 aromatic rings. The Balaban J connectivity index is 0.000000250. The number of rotatable bonds is 0. The molecule has 1 aromatic carbocycles. The first-order chi connectivity index (χ1) is 2.50. The first-order valence-corrected chi connectivity index (χ1v) is 1.67. The fourth-order valence-electron chi connectivity index (χ4n) is 0.321. The Morgan fingerprint density at radius 2 is 1.50 bits per heavy atom. The van der Waals surface area contributed by atoms with Gasteiger partial charge in [-0.25, -0.2) is 12.1 Å². The summed E-state index contributed by atoms with van der Waals surface area (Å²) in [4.78, 5) is 0. The molecule has 0 saturated heterocycles. The van der Waals surface area contributed by atoms with E-state index in [1.807, 2.05) is 30.3 Å². The molecule has 0 atom stereocenters. The Bertz CT molecular complexity index is 60.4. The zero-order valence-electron chi connectivity index (χ0n) is 3.29. The van der Waals surface area contributed by atoms with Crippen molar-refractivity contribution in [3.05, 3.63) is 30.3 Å². The minimum Gasteiger partial charge on any atom is -0.214 e. The normalized spacial score (nSPS) is 6.67. The van der Waals surface area contributed by atoms with Crippen molar-refractivity contribution in [2.75, 3.05) is 0 Å². The van der Waals surface area contributed by atoms with Gasteiger partial charge < -0.3 is 0 Å². The molecule has 0 aliphatic carbocycles. The Morgan fingerprint density at radius 3 is 1.67 bits per heavy atom. The fraction of sp³-hybridized carbons (Fsp3) is 0. The molecule has 0 bridgehead atoms. The van der Waals surface area contributed by atoms with Crippen LogP contribution < -0.4 is 0 Å². The average molecular weight is 117 g/mol. The van der Waals surface area contributed by atoms with E-state index in [1.165, 1.54) is 0 Å². The van der Waals surface area contributed by atoms with Gasteiger partial charge >= 0.3 is 0 Å². The summed E-state index contributed by atoms with van der Waals surface area (Å²) in [5.41, 5.74) is 0. The summed E-state index contributed by atoms with van der Waals surface area (Å²) in [6, 6.07) is 10.0.